The highest BCUT2D eigenvalue weighted by molar-refractivity contribution is 5.74. The Kier molecular flexibility index (Phi) is 5.99. The molecule has 1 atom stereocenters. The Balaban J connectivity index is 4.12. The highest BCUT2D eigenvalue weighted by Crippen LogP contribution is 2.27. The SMILES string of the molecule is CC=CCCC=CC(C)C(C)(C)C(=O)O. The molecule has 0 saturated carbocycles. The normalized spacial score (nSPS) is 14.9. The van der Waals surface area contributed by atoms with Crippen molar-refractivity contribution in [1.29, 1.82) is 0 Å². The summed E-state index contributed by atoms with van der Waals surface area (Å²) in [6.45, 7) is 7.47. The van der Waals surface area contributed by atoms with E-state index < -0.39 is 11.4 Å². The van der Waals surface area contributed by atoms with Crippen LogP contribution in [0.2, 0.25) is 0 Å². The summed E-state index contributed by atoms with van der Waals surface area (Å²) in [6, 6.07) is 0. The van der Waals surface area contributed by atoms with E-state index in [0.717, 1.165) is 12.8 Å². The van der Waals surface area contributed by atoms with E-state index in [4.69, 9.17) is 5.11 Å². The lowest BCUT2D eigenvalue weighted by molar-refractivity contribution is -0.148. The van der Waals surface area contributed by atoms with E-state index in [9.17, 15) is 4.79 Å². The monoisotopic (exact) mass is 210 g/mol. The first-order valence-electron chi connectivity index (χ1n) is 5.44. The van der Waals surface area contributed by atoms with Gasteiger partial charge in [0.2, 0.25) is 0 Å². The molecule has 0 aromatic carbocycles. The first-order valence-corrected chi connectivity index (χ1v) is 5.44. The minimum Gasteiger partial charge on any atom is -0.481 e. The molecule has 0 bridgehead atoms. The zero-order chi connectivity index (χ0) is 11.9. The predicted molar refractivity (Wildman–Crippen MR) is 63.8 cm³/mol. The number of aliphatic carboxylic acids is 1. The Labute approximate surface area is 92.7 Å². The van der Waals surface area contributed by atoms with Gasteiger partial charge in [-0.1, -0.05) is 31.2 Å². The van der Waals surface area contributed by atoms with Crippen LogP contribution < -0.4 is 0 Å². The molecular weight excluding hydrogens is 188 g/mol. The molecule has 0 radical (unpaired) electrons. The number of hydrogen-bond donors (Lipinski definition) is 1. The van der Waals surface area contributed by atoms with E-state index in [1.807, 2.05) is 26.0 Å². The van der Waals surface area contributed by atoms with Crippen LogP contribution in [0.15, 0.2) is 24.3 Å². The van der Waals surface area contributed by atoms with E-state index in [2.05, 4.69) is 12.2 Å². The molecule has 0 aromatic rings. The largest absolute Gasteiger partial charge is 0.481 e. The molecule has 0 aliphatic heterocycles. The minimum absolute atomic E-state index is 0.0561. The molecule has 1 N–H and O–H groups in total. The van der Waals surface area contributed by atoms with E-state index in [1.54, 1.807) is 13.8 Å². The number of carboxylic acids is 1. The van der Waals surface area contributed by atoms with Gasteiger partial charge in [0.05, 0.1) is 5.41 Å². The van der Waals surface area contributed by atoms with Crippen LogP contribution in [0, 0.1) is 11.3 Å². The van der Waals surface area contributed by atoms with Crippen LogP contribution in [-0.2, 0) is 4.79 Å². The molecule has 0 fully saturated rings. The van der Waals surface area contributed by atoms with E-state index in [-0.39, 0.29) is 5.92 Å². The number of allylic oxidation sites excluding steroid dienone is 4. The third kappa shape index (κ3) is 4.82. The second-order valence-corrected chi connectivity index (χ2v) is 4.39. The maximum atomic E-state index is 11.0. The Morgan fingerprint density at radius 3 is 2.33 bits per heavy atom. The van der Waals surface area contributed by atoms with Crippen molar-refractivity contribution in [3.63, 3.8) is 0 Å². The van der Waals surface area contributed by atoms with Crippen LogP contribution in [0.25, 0.3) is 0 Å². The van der Waals surface area contributed by atoms with Crippen molar-refractivity contribution in [3.05, 3.63) is 24.3 Å². The van der Waals surface area contributed by atoms with Crippen LogP contribution >= 0.6 is 0 Å². The van der Waals surface area contributed by atoms with E-state index >= 15 is 0 Å². The first kappa shape index (κ1) is 13.9. The van der Waals surface area contributed by atoms with E-state index in [0.29, 0.717) is 0 Å². The van der Waals surface area contributed by atoms with Crippen molar-refractivity contribution in [1.82, 2.24) is 0 Å². The Bertz CT molecular complexity index is 249. The lowest BCUT2D eigenvalue weighted by Crippen LogP contribution is -2.29. The van der Waals surface area contributed by atoms with Crippen LogP contribution in [0.1, 0.15) is 40.5 Å². The van der Waals surface area contributed by atoms with Gasteiger partial charge in [0, 0.05) is 0 Å². The summed E-state index contributed by atoms with van der Waals surface area (Å²) < 4.78 is 0. The van der Waals surface area contributed by atoms with Crippen LogP contribution in [0.4, 0.5) is 0 Å². The fourth-order valence-corrected chi connectivity index (χ4v) is 1.09. The average Bonchev–Trinajstić information content (AvgIpc) is 2.16. The summed E-state index contributed by atoms with van der Waals surface area (Å²) >= 11 is 0. The summed E-state index contributed by atoms with van der Waals surface area (Å²) in [5.41, 5.74) is -0.683. The molecule has 0 heterocycles. The fourth-order valence-electron chi connectivity index (χ4n) is 1.09. The van der Waals surface area contributed by atoms with Crippen molar-refractivity contribution < 1.29 is 9.90 Å². The quantitative estimate of drug-likeness (QED) is 0.536. The predicted octanol–water partition coefficient (Wildman–Crippen LogP) is 3.65. The van der Waals surface area contributed by atoms with Crippen molar-refractivity contribution in [3.8, 4) is 0 Å². The molecule has 15 heavy (non-hydrogen) atoms. The van der Waals surface area contributed by atoms with Crippen molar-refractivity contribution in [2.45, 2.75) is 40.5 Å². The molecule has 86 valence electrons. The van der Waals surface area contributed by atoms with Crippen molar-refractivity contribution in [2.24, 2.45) is 11.3 Å². The van der Waals surface area contributed by atoms with Crippen molar-refractivity contribution in [2.75, 3.05) is 0 Å². The molecule has 0 saturated heterocycles. The molecular formula is C13H22O2. The minimum atomic E-state index is -0.742. The molecule has 1 unspecified atom stereocenters. The maximum absolute atomic E-state index is 11.0. The third-order valence-corrected chi connectivity index (χ3v) is 2.85. The summed E-state index contributed by atoms with van der Waals surface area (Å²) in [7, 11) is 0. The molecule has 0 aliphatic carbocycles. The molecule has 0 aliphatic rings. The van der Waals surface area contributed by atoms with Gasteiger partial charge < -0.3 is 5.11 Å². The maximum Gasteiger partial charge on any atom is 0.309 e. The molecule has 2 nitrogen and oxygen atoms in total. The fraction of sp³-hybridized carbons (Fsp3) is 0.615. The van der Waals surface area contributed by atoms with Gasteiger partial charge in [0.1, 0.15) is 0 Å². The highest BCUT2D eigenvalue weighted by Gasteiger charge is 2.31. The standard InChI is InChI=1S/C13H22O2/c1-5-6-7-8-9-10-11(2)13(3,4)12(14)15/h5-6,9-11H,7-8H2,1-4H3,(H,14,15). The second kappa shape index (κ2) is 6.44. The van der Waals surface area contributed by atoms with E-state index in [1.165, 1.54) is 0 Å². The third-order valence-electron chi connectivity index (χ3n) is 2.85. The average molecular weight is 210 g/mol. The van der Waals surface area contributed by atoms with Gasteiger partial charge in [-0.3, -0.25) is 4.79 Å². The number of carboxylic acid groups (broad SMARTS) is 1. The topological polar surface area (TPSA) is 37.3 Å². The smallest absolute Gasteiger partial charge is 0.309 e. The van der Waals surface area contributed by atoms with Gasteiger partial charge in [0.25, 0.3) is 0 Å². The Morgan fingerprint density at radius 1 is 1.33 bits per heavy atom. The van der Waals surface area contributed by atoms with Crippen LogP contribution in [0.5, 0.6) is 0 Å². The molecule has 0 aromatic heterocycles. The second-order valence-electron chi connectivity index (χ2n) is 4.39. The zero-order valence-electron chi connectivity index (χ0n) is 10.2. The molecule has 2 heteroatoms. The molecule has 0 spiro atoms. The van der Waals surface area contributed by atoms with Crippen molar-refractivity contribution >= 4 is 5.97 Å². The summed E-state index contributed by atoms with van der Waals surface area (Å²) in [5.74, 6) is -0.686. The lowest BCUT2D eigenvalue weighted by Gasteiger charge is -2.24. The number of unbranched alkanes of at least 4 members (excludes halogenated alkanes) is 1. The number of hydrogen-bond acceptors (Lipinski definition) is 1. The van der Waals surface area contributed by atoms with Crippen LogP contribution in [-0.4, -0.2) is 11.1 Å². The molecule has 0 amide bonds. The number of carbonyl (C=O) groups is 1. The van der Waals surface area contributed by atoms with Gasteiger partial charge >= 0.3 is 5.97 Å². The first-order chi connectivity index (χ1) is 6.92. The summed E-state index contributed by atoms with van der Waals surface area (Å²) in [6.07, 6.45) is 10.2. The number of rotatable bonds is 6. The van der Waals surface area contributed by atoms with Crippen LogP contribution in [0.3, 0.4) is 0 Å². The van der Waals surface area contributed by atoms with Gasteiger partial charge in [-0.25, -0.2) is 0 Å². The summed E-state index contributed by atoms with van der Waals surface area (Å²) in [5, 5.41) is 9.01. The van der Waals surface area contributed by atoms with Gasteiger partial charge in [-0.2, -0.15) is 0 Å². The Morgan fingerprint density at radius 2 is 1.87 bits per heavy atom. The lowest BCUT2D eigenvalue weighted by atomic mass is 9.80. The summed E-state index contributed by atoms with van der Waals surface area (Å²) in [4.78, 5) is 11.0. The zero-order valence-corrected chi connectivity index (χ0v) is 10.2. The highest BCUT2D eigenvalue weighted by atomic mass is 16.4. The van der Waals surface area contributed by atoms with Gasteiger partial charge in [0.15, 0.2) is 0 Å². The Hall–Kier alpha value is -1.05. The van der Waals surface area contributed by atoms with Gasteiger partial charge in [-0.05, 0) is 39.5 Å². The van der Waals surface area contributed by atoms with Gasteiger partial charge in [-0.15, -0.1) is 0 Å². The molecule has 0 rings (SSSR count).